The van der Waals surface area contributed by atoms with Crippen molar-refractivity contribution in [1.82, 2.24) is 4.98 Å². The third-order valence-electron chi connectivity index (χ3n) is 1.59. The van der Waals surface area contributed by atoms with E-state index in [4.69, 9.17) is 5.11 Å². The Morgan fingerprint density at radius 1 is 1.57 bits per heavy atom. The number of carbonyl (C=O) groups is 1. The van der Waals surface area contributed by atoms with Crippen molar-refractivity contribution in [3.05, 3.63) is 30.1 Å². The maximum atomic E-state index is 10.2. The summed E-state index contributed by atoms with van der Waals surface area (Å²) in [7, 11) is 0. The van der Waals surface area contributed by atoms with Crippen molar-refractivity contribution in [2.45, 2.75) is 19.3 Å². The fraction of sp³-hybridized carbons (Fsp3) is 0.273. The van der Waals surface area contributed by atoms with Gasteiger partial charge in [-0.15, -0.1) is 0 Å². The number of unbranched alkanes of at least 4 members (excludes halogenated alkanes) is 1. The molecule has 0 aliphatic heterocycles. The van der Waals surface area contributed by atoms with Crippen molar-refractivity contribution in [1.29, 1.82) is 0 Å². The number of carboxylic acids is 1. The van der Waals surface area contributed by atoms with Gasteiger partial charge in [0.1, 0.15) is 0 Å². The number of aliphatic carboxylic acids is 1. The van der Waals surface area contributed by atoms with Crippen molar-refractivity contribution in [3.63, 3.8) is 0 Å². The van der Waals surface area contributed by atoms with E-state index in [1.54, 1.807) is 12.4 Å². The van der Waals surface area contributed by atoms with E-state index in [2.05, 4.69) is 16.8 Å². The zero-order valence-corrected chi connectivity index (χ0v) is 7.73. The third kappa shape index (κ3) is 4.27. The summed E-state index contributed by atoms with van der Waals surface area (Å²) >= 11 is 0. The van der Waals surface area contributed by atoms with Crippen molar-refractivity contribution < 1.29 is 9.90 Å². The van der Waals surface area contributed by atoms with Crippen molar-refractivity contribution in [3.8, 4) is 11.8 Å². The largest absolute Gasteiger partial charge is 0.481 e. The van der Waals surface area contributed by atoms with E-state index < -0.39 is 5.97 Å². The molecule has 0 fully saturated rings. The molecule has 0 unspecified atom stereocenters. The average molecular weight is 189 g/mol. The first kappa shape index (κ1) is 10.3. The van der Waals surface area contributed by atoms with Crippen LogP contribution >= 0.6 is 0 Å². The van der Waals surface area contributed by atoms with Crippen LogP contribution in [0.4, 0.5) is 0 Å². The molecule has 3 heteroatoms. The number of hydrogen-bond donors (Lipinski definition) is 1. The van der Waals surface area contributed by atoms with Crippen molar-refractivity contribution in [2.75, 3.05) is 0 Å². The lowest BCUT2D eigenvalue weighted by Crippen LogP contribution is -1.92. The minimum atomic E-state index is -0.770. The summed E-state index contributed by atoms with van der Waals surface area (Å²) in [6.45, 7) is 0. The molecule has 0 saturated heterocycles. The Hall–Kier alpha value is -1.82. The topological polar surface area (TPSA) is 50.2 Å². The van der Waals surface area contributed by atoms with E-state index in [1.165, 1.54) is 0 Å². The number of aromatic nitrogens is 1. The van der Waals surface area contributed by atoms with Crippen LogP contribution in [0.2, 0.25) is 0 Å². The summed E-state index contributed by atoms with van der Waals surface area (Å²) in [6.07, 6.45) is 4.77. The molecule has 0 aromatic carbocycles. The van der Waals surface area contributed by atoms with Gasteiger partial charge >= 0.3 is 5.97 Å². The minimum Gasteiger partial charge on any atom is -0.481 e. The van der Waals surface area contributed by atoms with Gasteiger partial charge in [0.15, 0.2) is 0 Å². The second-order valence-corrected chi connectivity index (χ2v) is 2.79. The maximum absolute atomic E-state index is 10.2. The normalized spacial score (nSPS) is 8.86. The summed E-state index contributed by atoms with van der Waals surface area (Å²) < 4.78 is 0. The molecule has 72 valence electrons. The van der Waals surface area contributed by atoms with Crippen LogP contribution in [0.25, 0.3) is 0 Å². The lowest BCUT2D eigenvalue weighted by molar-refractivity contribution is -0.137. The molecule has 0 atom stereocenters. The van der Waals surface area contributed by atoms with E-state index in [-0.39, 0.29) is 6.42 Å². The molecule has 0 amide bonds. The number of hydrogen-bond acceptors (Lipinski definition) is 2. The van der Waals surface area contributed by atoms with Gasteiger partial charge in [0, 0.05) is 30.8 Å². The van der Waals surface area contributed by atoms with E-state index in [1.807, 2.05) is 12.1 Å². The van der Waals surface area contributed by atoms with Gasteiger partial charge in [0.25, 0.3) is 0 Å². The van der Waals surface area contributed by atoms with Gasteiger partial charge in [-0.2, -0.15) is 0 Å². The zero-order valence-electron chi connectivity index (χ0n) is 7.73. The number of nitrogens with zero attached hydrogens (tertiary/aromatic N) is 1. The molecule has 1 aromatic heterocycles. The van der Waals surface area contributed by atoms with Gasteiger partial charge in [-0.1, -0.05) is 11.8 Å². The SMILES string of the molecule is O=C(O)CCCC#Cc1cccnc1. The smallest absolute Gasteiger partial charge is 0.303 e. The monoisotopic (exact) mass is 189 g/mol. The average Bonchev–Trinajstić information content (AvgIpc) is 2.18. The molecule has 0 spiro atoms. The van der Waals surface area contributed by atoms with Crippen LogP contribution in [-0.2, 0) is 4.79 Å². The summed E-state index contributed by atoms with van der Waals surface area (Å²) in [5.41, 5.74) is 0.864. The molecule has 0 aliphatic rings. The predicted molar refractivity (Wildman–Crippen MR) is 52.6 cm³/mol. The van der Waals surface area contributed by atoms with Crippen LogP contribution in [0.15, 0.2) is 24.5 Å². The van der Waals surface area contributed by atoms with Gasteiger partial charge in [0.2, 0.25) is 0 Å². The first-order valence-corrected chi connectivity index (χ1v) is 4.40. The number of carboxylic acid groups (broad SMARTS) is 1. The Kier molecular flexibility index (Phi) is 4.22. The maximum Gasteiger partial charge on any atom is 0.303 e. The molecule has 1 N–H and O–H groups in total. The van der Waals surface area contributed by atoms with Gasteiger partial charge in [-0.05, 0) is 18.6 Å². The van der Waals surface area contributed by atoms with Crippen LogP contribution in [0.1, 0.15) is 24.8 Å². The van der Waals surface area contributed by atoms with E-state index in [0.29, 0.717) is 12.8 Å². The Morgan fingerprint density at radius 2 is 2.43 bits per heavy atom. The second kappa shape index (κ2) is 5.76. The molecule has 0 bridgehead atoms. The zero-order chi connectivity index (χ0) is 10.2. The molecular formula is C11H11NO2. The summed E-state index contributed by atoms with van der Waals surface area (Å²) in [5.74, 6) is 5.05. The lowest BCUT2D eigenvalue weighted by atomic mass is 10.2. The minimum absolute atomic E-state index is 0.182. The highest BCUT2D eigenvalue weighted by molar-refractivity contribution is 5.66. The van der Waals surface area contributed by atoms with Crippen LogP contribution in [0.3, 0.4) is 0 Å². The number of rotatable bonds is 3. The number of pyridine rings is 1. The van der Waals surface area contributed by atoms with Crippen LogP contribution < -0.4 is 0 Å². The van der Waals surface area contributed by atoms with Crippen LogP contribution in [-0.4, -0.2) is 16.1 Å². The van der Waals surface area contributed by atoms with Crippen molar-refractivity contribution >= 4 is 5.97 Å². The Morgan fingerprint density at radius 3 is 3.07 bits per heavy atom. The van der Waals surface area contributed by atoms with Crippen LogP contribution in [0, 0.1) is 11.8 Å². The third-order valence-corrected chi connectivity index (χ3v) is 1.59. The molecule has 3 nitrogen and oxygen atoms in total. The van der Waals surface area contributed by atoms with Gasteiger partial charge in [0.05, 0.1) is 0 Å². The molecule has 0 aliphatic carbocycles. The predicted octanol–water partition coefficient (Wildman–Crippen LogP) is 1.69. The standard InChI is InChI=1S/C11H11NO2/c13-11(14)7-3-1-2-5-10-6-4-8-12-9-10/h4,6,8-9H,1,3,7H2,(H,13,14). The van der Waals surface area contributed by atoms with Gasteiger partial charge < -0.3 is 5.11 Å². The summed E-state index contributed by atoms with van der Waals surface area (Å²) in [6, 6.07) is 3.69. The molecule has 1 rings (SSSR count). The molecule has 0 radical (unpaired) electrons. The van der Waals surface area contributed by atoms with Crippen molar-refractivity contribution in [2.24, 2.45) is 0 Å². The molecule has 0 saturated carbocycles. The first-order chi connectivity index (χ1) is 6.79. The lowest BCUT2D eigenvalue weighted by Gasteiger charge is -1.88. The van der Waals surface area contributed by atoms with E-state index in [9.17, 15) is 4.79 Å². The second-order valence-electron chi connectivity index (χ2n) is 2.79. The molecular weight excluding hydrogens is 178 g/mol. The molecule has 1 aromatic rings. The Bertz CT molecular complexity index is 349. The Balaban J connectivity index is 2.31. The quantitative estimate of drug-likeness (QED) is 0.581. The summed E-state index contributed by atoms with van der Waals surface area (Å²) in [5, 5.41) is 8.37. The van der Waals surface area contributed by atoms with Crippen LogP contribution in [0.5, 0.6) is 0 Å². The Labute approximate surface area is 82.8 Å². The first-order valence-electron chi connectivity index (χ1n) is 4.40. The molecule has 1 heterocycles. The highest BCUT2D eigenvalue weighted by Crippen LogP contribution is 1.95. The van der Waals surface area contributed by atoms with Gasteiger partial charge in [-0.3, -0.25) is 9.78 Å². The fourth-order valence-electron chi connectivity index (χ4n) is 0.929. The van der Waals surface area contributed by atoms with Gasteiger partial charge in [-0.25, -0.2) is 0 Å². The van der Waals surface area contributed by atoms with E-state index in [0.717, 1.165) is 5.56 Å². The molecule has 14 heavy (non-hydrogen) atoms. The van der Waals surface area contributed by atoms with E-state index >= 15 is 0 Å². The highest BCUT2D eigenvalue weighted by Gasteiger charge is 1.93. The summed E-state index contributed by atoms with van der Waals surface area (Å²) in [4.78, 5) is 14.1. The highest BCUT2D eigenvalue weighted by atomic mass is 16.4. The fourth-order valence-corrected chi connectivity index (χ4v) is 0.929.